The highest BCUT2D eigenvalue weighted by Crippen LogP contribution is 2.18. The number of nitrogens with one attached hydrogen (secondary N) is 1. The molecule has 4 nitrogen and oxygen atoms in total. The molecular weight excluding hydrogens is 272 g/mol. The van der Waals surface area contributed by atoms with E-state index >= 15 is 0 Å². The van der Waals surface area contributed by atoms with Crippen molar-refractivity contribution in [3.63, 3.8) is 0 Å². The molecule has 1 atom stereocenters. The van der Waals surface area contributed by atoms with E-state index < -0.39 is 0 Å². The van der Waals surface area contributed by atoms with Crippen molar-refractivity contribution < 1.29 is 9.53 Å². The Morgan fingerprint density at radius 3 is 2.45 bits per heavy atom. The number of nitrogens with zero attached hydrogens (tertiary/aromatic N) is 1. The lowest BCUT2D eigenvalue weighted by atomic mass is 10.0. The maximum atomic E-state index is 11.9. The summed E-state index contributed by atoms with van der Waals surface area (Å²) in [6, 6.07) is 0. The van der Waals surface area contributed by atoms with Crippen LogP contribution >= 0.6 is 11.8 Å². The first-order valence-electron chi connectivity index (χ1n) is 7.54. The van der Waals surface area contributed by atoms with Gasteiger partial charge in [-0.3, -0.25) is 9.69 Å². The van der Waals surface area contributed by atoms with Crippen LogP contribution in [0.4, 0.5) is 0 Å². The Labute approximate surface area is 128 Å². The fourth-order valence-electron chi connectivity index (χ4n) is 2.05. The molecule has 5 heteroatoms. The van der Waals surface area contributed by atoms with Crippen LogP contribution in [0.3, 0.4) is 0 Å². The summed E-state index contributed by atoms with van der Waals surface area (Å²) in [6.07, 6.45) is 0. The van der Waals surface area contributed by atoms with Gasteiger partial charge in [0.05, 0.1) is 19.0 Å². The van der Waals surface area contributed by atoms with E-state index in [-0.39, 0.29) is 11.4 Å². The molecule has 1 N–H and O–H groups in total. The molecule has 118 valence electrons. The molecule has 0 unspecified atom stereocenters. The molecule has 20 heavy (non-hydrogen) atoms. The SMILES string of the molecule is CC(C)[C@H](C)SCC(=O)NCC(C)(C)N1CCOCC1. The van der Waals surface area contributed by atoms with Gasteiger partial charge in [-0.15, -0.1) is 11.8 Å². The third-order valence-corrected chi connectivity index (χ3v) is 5.50. The van der Waals surface area contributed by atoms with Crippen molar-refractivity contribution in [2.75, 3.05) is 38.6 Å². The van der Waals surface area contributed by atoms with Gasteiger partial charge in [0.25, 0.3) is 0 Å². The highest BCUT2D eigenvalue weighted by Gasteiger charge is 2.28. The van der Waals surface area contributed by atoms with Gasteiger partial charge in [0.1, 0.15) is 0 Å². The number of morpholine rings is 1. The molecule has 1 aliphatic heterocycles. The lowest BCUT2D eigenvalue weighted by Crippen LogP contribution is -2.55. The first-order chi connectivity index (χ1) is 9.33. The highest BCUT2D eigenvalue weighted by molar-refractivity contribution is 8.00. The Balaban J connectivity index is 2.28. The monoisotopic (exact) mass is 302 g/mol. The Hall–Kier alpha value is -0.260. The van der Waals surface area contributed by atoms with Crippen LogP contribution in [0.25, 0.3) is 0 Å². The summed E-state index contributed by atoms with van der Waals surface area (Å²) < 4.78 is 5.38. The first-order valence-corrected chi connectivity index (χ1v) is 8.59. The Bertz CT molecular complexity index is 302. The Morgan fingerprint density at radius 1 is 1.30 bits per heavy atom. The third-order valence-electron chi connectivity index (χ3n) is 4.00. The molecule has 0 aromatic rings. The predicted molar refractivity (Wildman–Crippen MR) is 86.2 cm³/mol. The molecule has 0 bridgehead atoms. The van der Waals surface area contributed by atoms with Gasteiger partial charge in [-0.25, -0.2) is 0 Å². The van der Waals surface area contributed by atoms with Crippen molar-refractivity contribution in [1.82, 2.24) is 10.2 Å². The molecule has 0 aromatic carbocycles. The fraction of sp³-hybridized carbons (Fsp3) is 0.933. The van der Waals surface area contributed by atoms with E-state index in [0.29, 0.717) is 23.5 Å². The van der Waals surface area contributed by atoms with Crippen molar-refractivity contribution in [3.8, 4) is 0 Å². The van der Waals surface area contributed by atoms with Crippen LogP contribution in [0.5, 0.6) is 0 Å². The summed E-state index contributed by atoms with van der Waals surface area (Å²) in [5, 5.41) is 3.59. The Morgan fingerprint density at radius 2 is 1.90 bits per heavy atom. The van der Waals surface area contributed by atoms with Gasteiger partial charge in [-0.05, 0) is 19.8 Å². The zero-order chi connectivity index (χ0) is 15.2. The van der Waals surface area contributed by atoms with E-state index in [2.05, 4.69) is 44.8 Å². The number of carbonyl (C=O) groups excluding carboxylic acids is 1. The van der Waals surface area contributed by atoms with Crippen LogP contribution < -0.4 is 5.32 Å². The molecule has 1 saturated heterocycles. The average Bonchev–Trinajstić information content (AvgIpc) is 2.43. The van der Waals surface area contributed by atoms with E-state index in [0.717, 1.165) is 26.3 Å². The van der Waals surface area contributed by atoms with Gasteiger partial charge in [0.2, 0.25) is 5.91 Å². The van der Waals surface area contributed by atoms with Crippen molar-refractivity contribution >= 4 is 17.7 Å². The average molecular weight is 302 g/mol. The van der Waals surface area contributed by atoms with E-state index in [9.17, 15) is 4.79 Å². The van der Waals surface area contributed by atoms with Gasteiger partial charge in [-0.1, -0.05) is 20.8 Å². The number of rotatable bonds is 7. The second-order valence-corrected chi connectivity index (χ2v) is 7.81. The zero-order valence-electron chi connectivity index (χ0n) is 13.6. The minimum absolute atomic E-state index is 0.00618. The highest BCUT2D eigenvalue weighted by atomic mass is 32.2. The van der Waals surface area contributed by atoms with Crippen LogP contribution in [-0.4, -0.2) is 60.2 Å². The summed E-state index contributed by atoms with van der Waals surface area (Å²) in [5.41, 5.74) is -0.00618. The smallest absolute Gasteiger partial charge is 0.230 e. The topological polar surface area (TPSA) is 41.6 Å². The molecule has 0 radical (unpaired) electrons. The molecule has 1 fully saturated rings. The second-order valence-electron chi connectivity index (χ2n) is 6.45. The minimum atomic E-state index is -0.00618. The zero-order valence-corrected chi connectivity index (χ0v) is 14.4. The first kappa shape index (κ1) is 17.8. The number of carbonyl (C=O) groups is 1. The summed E-state index contributed by atoms with van der Waals surface area (Å²) in [6.45, 7) is 15.1. The van der Waals surface area contributed by atoms with Crippen molar-refractivity contribution in [2.45, 2.75) is 45.4 Å². The van der Waals surface area contributed by atoms with Crippen LogP contribution in [0.15, 0.2) is 0 Å². The summed E-state index contributed by atoms with van der Waals surface area (Å²) in [5.74, 6) is 1.31. The van der Waals surface area contributed by atoms with Crippen molar-refractivity contribution in [3.05, 3.63) is 0 Å². The van der Waals surface area contributed by atoms with Gasteiger partial charge in [0, 0.05) is 30.4 Å². The number of hydrogen-bond acceptors (Lipinski definition) is 4. The lowest BCUT2D eigenvalue weighted by molar-refractivity contribution is -0.119. The van der Waals surface area contributed by atoms with E-state index in [1.54, 1.807) is 11.8 Å². The standard InChI is InChI=1S/C15H30N2O2S/c1-12(2)13(3)20-10-14(18)16-11-15(4,5)17-6-8-19-9-7-17/h12-13H,6-11H2,1-5H3,(H,16,18)/t13-/m0/s1. The minimum Gasteiger partial charge on any atom is -0.379 e. The maximum Gasteiger partial charge on any atom is 0.230 e. The fourth-order valence-corrected chi connectivity index (χ4v) is 2.95. The number of hydrogen-bond donors (Lipinski definition) is 1. The molecule has 0 aliphatic carbocycles. The molecule has 1 heterocycles. The van der Waals surface area contributed by atoms with E-state index in [1.165, 1.54) is 0 Å². The lowest BCUT2D eigenvalue weighted by Gasteiger charge is -2.40. The van der Waals surface area contributed by atoms with Gasteiger partial charge in [0.15, 0.2) is 0 Å². The number of amides is 1. The van der Waals surface area contributed by atoms with Crippen molar-refractivity contribution in [2.24, 2.45) is 5.92 Å². The van der Waals surface area contributed by atoms with E-state index in [1.807, 2.05) is 0 Å². The number of ether oxygens (including phenoxy) is 1. The van der Waals surface area contributed by atoms with Crippen molar-refractivity contribution in [1.29, 1.82) is 0 Å². The number of thioether (sulfide) groups is 1. The quantitative estimate of drug-likeness (QED) is 0.781. The van der Waals surface area contributed by atoms with Crippen LogP contribution in [0.2, 0.25) is 0 Å². The van der Waals surface area contributed by atoms with Gasteiger partial charge in [-0.2, -0.15) is 0 Å². The third kappa shape index (κ3) is 6.02. The van der Waals surface area contributed by atoms with Crippen LogP contribution in [0.1, 0.15) is 34.6 Å². The van der Waals surface area contributed by atoms with Crippen LogP contribution in [-0.2, 0) is 9.53 Å². The molecule has 1 amide bonds. The Kier molecular flexibility index (Phi) is 7.34. The van der Waals surface area contributed by atoms with E-state index in [4.69, 9.17) is 4.74 Å². The predicted octanol–water partition coefficient (Wildman–Crippen LogP) is 1.99. The second kappa shape index (κ2) is 8.25. The normalized spacial score (nSPS) is 19.1. The molecule has 1 aliphatic rings. The maximum absolute atomic E-state index is 11.9. The molecule has 1 rings (SSSR count). The largest absolute Gasteiger partial charge is 0.379 e. The van der Waals surface area contributed by atoms with Crippen LogP contribution in [0, 0.1) is 5.92 Å². The molecule has 0 aromatic heterocycles. The van der Waals surface area contributed by atoms with Gasteiger partial charge < -0.3 is 10.1 Å². The molecular formula is C15H30N2O2S. The molecule has 0 saturated carbocycles. The summed E-state index contributed by atoms with van der Waals surface area (Å²) in [4.78, 5) is 14.3. The molecule has 0 spiro atoms. The summed E-state index contributed by atoms with van der Waals surface area (Å²) in [7, 11) is 0. The summed E-state index contributed by atoms with van der Waals surface area (Å²) >= 11 is 1.73. The van der Waals surface area contributed by atoms with Gasteiger partial charge >= 0.3 is 0 Å².